The first-order valence-corrected chi connectivity index (χ1v) is 7.06. The molecule has 112 valence electrons. The van der Waals surface area contributed by atoms with Gasteiger partial charge in [0.15, 0.2) is 11.7 Å². The Labute approximate surface area is 124 Å². The van der Waals surface area contributed by atoms with Crippen molar-refractivity contribution in [1.29, 1.82) is 0 Å². The zero-order chi connectivity index (χ0) is 15.6. The van der Waals surface area contributed by atoms with Crippen molar-refractivity contribution in [2.45, 2.75) is 40.5 Å². The van der Waals surface area contributed by atoms with E-state index in [0.29, 0.717) is 11.4 Å². The highest BCUT2D eigenvalue weighted by Crippen LogP contribution is 2.20. The van der Waals surface area contributed by atoms with Gasteiger partial charge in [-0.15, -0.1) is 0 Å². The molecule has 2 aromatic heterocycles. The van der Waals surface area contributed by atoms with Gasteiger partial charge in [-0.25, -0.2) is 9.67 Å². The molecule has 0 spiro atoms. The largest absolute Gasteiger partial charge is 0.409 e. The molecule has 0 bridgehead atoms. The summed E-state index contributed by atoms with van der Waals surface area (Å²) in [4.78, 5) is 4.56. The van der Waals surface area contributed by atoms with Crippen molar-refractivity contribution < 1.29 is 5.21 Å². The molecule has 6 heteroatoms. The summed E-state index contributed by atoms with van der Waals surface area (Å²) in [5, 5.41) is 16.8. The lowest BCUT2D eigenvalue weighted by molar-refractivity contribution is 0.318. The number of rotatable bonds is 4. The van der Waals surface area contributed by atoms with E-state index in [9.17, 15) is 0 Å². The lowest BCUT2D eigenvalue weighted by atomic mass is 10.1. The molecule has 0 radical (unpaired) electrons. The van der Waals surface area contributed by atoms with Crippen molar-refractivity contribution in [2.75, 3.05) is 0 Å². The van der Waals surface area contributed by atoms with E-state index in [1.165, 1.54) is 0 Å². The quantitative estimate of drug-likeness (QED) is 0.390. The van der Waals surface area contributed by atoms with Gasteiger partial charge in [0.25, 0.3) is 0 Å². The summed E-state index contributed by atoms with van der Waals surface area (Å²) >= 11 is 0. The Balaban J connectivity index is 2.76. The number of aromatic nitrogens is 3. The standard InChI is InChI=1S/C15H21N5O/c1-5-11-8-12(6-2)20(18-11)15-13(14(16)19-21)9(3)7-10(4)17-15/h7-8,21H,5-6H2,1-4H3,(H2,16,19). The normalized spacial score (nSPS) is 11.9. The van der Waals surface area contributed by atoms with Gasteiger partial charge < -0.3 is 10.9 Å². The lowest BCUT2D eigenvalue weighted by Gasteiger charge is -2.13. The third kappa shape index (κ3) is 2.74. The topological polar surface area (TPSA) is 89.3 Å². The van der Waals surface area contributed by atoms with Crippen LogP contribution in [0.25, 0.3) is 5.82 Å². The average Bonchev–Trinajstić information content (AvgIpc) is 2.89. The number of nitrogens with two attached hydrogens (primary N) is 1. The van der Waals surface area contributed by atoms with Gasteiger partial charge in [0, 0.05) is 11.4 Å². The second kappa shape index (κ2) is 5.95. The van der Waals surface area contributed by atoms with E-state index in [1.807, 2.05) is 19.9 Å². The fourth-order valence-corrected chi connectivity index (χ4v) is 2.42. The van der Waals surface area contributed by atoms with Crippen LogP contribution in [0.3, 0.4) is 0 Å². The molecule has 0 aliphatic carbocycles. The predicted octanol–water partition coefficient (Wildman–Crippen LogP) is 2.10. The summed E-state index contributed by atoms with van der Waals surface area (Å²) in [5.74, 6) is 0.657. The van der Waals surface area contributed by atoms with E-state index < -0.39 is 0 Å². The van der Waals surface area contributed by atoms with Gasteiger partial charge in [0.2, 0.25) is 0 Å². The molecule has 0 amide bonds. The zero-order valence-electron chi connectivity index (χ0n) is 12.9. The van der Waals surface area contributed by atoms with Crippen LogP contribution in [0.5, 0.6) is 0 Å². The van der Waals surface area contributed by atoms with Crippen LogP contribution in [-0.4, -0.2) is 25.8 Å². The number of pyridine rings is 1. The van der Waals surface area contributed by atoms with Crippen molar-refractivity contribution in [3.8, 4) is 5.82 Å². The molecule has 0 saturated carbocycles. The number of aryl methyl sites for hydroxylation is 4. The molecule has 6 nitrogen and oxygen atoms in total. The van der Waals surface area contributed by atoms with Crippen molar-refractivity contribution in [1.82, 2.24) is 14.8 Å². The maximum atomic E-state index is 9.04. The monoisotopic (exact) mass is 287 g/mol. The fourth-order valence-electron chi connectivity index (χ4n) is 2.42. The number of hydrogen-bond donors (Lipinski definition) is 2. The van der Waals surface area contributed by atoms with Crippen LogP contribution in [0.15, 0.2) is 17.3 Å². The number of nitrogens with zero attached hydrogens (tertiary/aromatic N) is 4. The number of amidine groups is 1. The maximum absolute atomic E-state index is 9.04. The highest BCUT2D eigenvalue weighted by molar-refractivity contribution is 6.01. The van der Waals surface area contributed by atoms with Crippen molar-refractivity contribution >= 4 is 5.84 Å². The van der Waals surface area contributed by atoms with Gasteiger partial charge in [-0.3, -0.25) is 0 Å². The first-order chi connectivity index (χ1) is 10.0. The lowest BCUT2D eigenvalue weighted by Crippen LogP contribution is -2.21. The molecule has 3 N–H and O–H groups in total. The van der Waals surface area contributed by atoms with Gasteiger partial charge >= 0.3 is 0 Å². The van der Waals surface area contributed by atoms with E-state index in [0.717, 1.165) is 35.5 Å². The van der Waals surface area contributed by atoms with Crippen molar-refractivity contribution in [3.05, 3.63) is 40.3 Å². The van der Waals surface area contributed by atoms with E-state index in [4.69, 9.17) is 10.9 Å². The first-order valence-electron chi connectivity index (χ1n) is 7.06. The van der Waals surface area contributed by atoms with Crippen LogP contribution < -0.4 is 5.73 Å². The highest BCUT2D eigenvalue weighted by atomic mass is 16.4. The smallest absolute Gasteiger partial charge is 0.174 e. The van der Waals surface area contributed by atoms with Crippen molar-refractivity contribution in [3.63, 3.8) is 0 Å². The second-order valence-electron chi connectivity index (χ2n) is 5.01. The van der Waals surface area contributed by atoms with Gasteiger partial charge in [0.05, 0.1) is 11.3 Å². The highest BCUT2D eigenvalue weighted by Gasteiger charge is 2.18. The van der Waals surface area contributed by atoms with Gasteiger partial charge in [-0.05, 0) is 44.4 Å². The Morgan fingerprint density at radius 2 is 2.00 bits per heavy atom. The van der Waals surface area contributed by atoms with Crippen LogP contribution >= 0.6 is 0 Å². The van der Waals surface area contributed by atoms with Crippen LogP contribution in [0.2, 0.25) is 0 Å². The third-order valence-corrected chi connectivity index (χ3v) is 3.45. The molecule has 0 aliphatic heterocycles. The molecule has 0 unspecified atom stereocenters. The molecular formula is C15H21N5O. The molecule has 0 atom stereocenters. The van der Waals surface area contributed by atoms with E-state index in [2.05, 4.69) is 35.2 Å². The Morgan fingerprint density at radius 1 is 1.29 bits per heavy atom. The minimum Gasteiger partial charge on any atom is -0.409 e. The SMILES string of the molecule is CCc1cc(CC)n(-c2nc(C)cc(C)c2/C(N)=N/O)n1. The fraction of sp³-hybridized carbons (Fsp3) is 0.400. The molecule has 0 fully saturated rings. The summed E-state index contributed by atoms with van der Waals surface area (Å²) < 4.78 is 1.80. The van der Waals surface area contributed by atoms with E-state index >= 15 is 0 Å². The number of hydrogen-bond acceptors (Lipinski definition) is 4. The summed E-state index contributed by atoms with van der Waals surface area (Å²) in [7, 11) is 0. The average molecular weight is 287 g/mol. The van der Waals surface area contributed by atoms with Crippen LogP contribution in [0.4, 0.5) is 0 Å². The van der Waals surface area contributed by atoms with Crippen LogP contribution in [-0.2, 0) is 12.8 Å². The summed E-state index contributed by atoms with van der Waals surface area (Å²) in [6, 6.07) is 3.97. The summed E-state index contributed by atoms with van der Waals surface area (Å²) in [6.45, 7) is 7.97. The molecule has 0 aromatic carbocycles. The Bertz CT molecular complexity index is 688. The van der Waals surface area contributed by atoms with Gasteiger partial charge in [0.1, 0.15) is 0 Å². The van der Waals surface area contributed by atoms with Crippen LogP contribution in [0.1, 0.15) is 42.1 Å². The second-order valence-corrected chi connectivity index (χ2v) is 5.01. The predicted molar refractivity (Wildman–Crippen MR) is 82.1 cm³/mol. The molecule has 2 heterocycles. The molecular weight excluding hydrogens is 266 g/mol. The Kier molecular flexibility index (Phi) is 4.26. The third-order valence-electron chi connectivity index (χ3n) is 3.45. The van der Waals surface area contributed by atoms with Gasteiger partial charge in [-0.1, -0.05) is 19.0 Å². The minimum absolute atomic E-state index is 0.0469. The summed E-state index contributed by atoms with van der Waals surface area (Å²) in [5.41, 5.74) is 10.3. The minimum atomic E-state index is 0.0469. The van der Waals surface area contributed by atoms with E-state index in [1.54, 1.807) is 4.68 Å². The number of oxime groups is 1. The molecule has 2 rings (SSSR count). The Hall–Kier alpha value is -2.37. The zero-order valence-corrected chi connectivity index (χ0v) is 12.9. The van der Waals surface area contributed by atoms with Crippen LogP contribution in [0, 0.1) is 13.8 Å². The van der Waals surface area contributed by atoms with Crippen molar-refractivity contribution in [2.24, 2.45) is 10.9 Å². The molecule has 0 saturated heterocycles. The molecule has 21 heavy (non-hydrogen) atoms. The molecule has 2 aromatic rings. The van der Waals surface area contributed by atoms with E-state index in [-0.39, 0.29) is 5.84 Å². The Morgan fingerprint density at radius 3 is 2.57 bits per heavy atom. The summed E-state index contributed by atoms with van der Waals surface area (Å²) in [6.07, 6.45) is 1.68. The first kappa shape index (κ1) is 15.0. The maximum Gasteiger partial charge on any atom is 0.174 e. The molecule has 0 aliphatic rings. The van der Waals surface area contributed by atoms with Gasteiger partial charge in [-0.2, -0.15) is 5.10 Å².